The van der Waals surface area contributed by atoms with Crippen LogP contribution in [0.4, 0.5) is 11.6 Å². The predicted molar refractivity (Wildman–Crippen MR) is 137 cm³/mol. The topological polar surface area (TPSA) is 172 Å². The van der Waals surface area contributed by atoms with Crippen LogP contribution in [0.25, 0.3) is 0 Å². The number of aliphatic imine (C=N–C) groups is 1. The van der Waals surface area contributed by atoms with Crippen molar-refractivity contribution < 1.29 is 14.4 Å². The molecule has 194 valence electrons. The van der Waals surface area contributed by atoms with E-state index in [1.165, 1.54) is 0 Å². The third-order valence-corrected chi connectivity index (χ3v) is 7.37. The van der Waals surface area contributed by atoms with Gasteiger partial charge in [-0.15, -0.1) is 0 Å². The van der Waals surface area contributed by atoms with Crippen molar-refractivity contribution >= 4 is 46.9 Å². The van der Waals surface area contributed by atoms with Gasteiger partial charge in [0.05, 0.1) is 18.0 Å². The van der Waals surface area contributed by atoms with E-state index < -0.39 is 5.91 Å². The van der Waals surface area contributed by atoms with Crippen LogP contribution in [-0.4, -0.2) is 75.2 Å². The quantitative estimate of drug-likeness (QED) is 0.444. The third kappa shape index (κ3) is 5.15. The van der Waals surface area contributed by atoms with Crippen molar-refractivity contribution in [1.29, 1.82) is 0 Å². The molecule has 4 heterocycles. The molecule has 37 heavy (non-hydrogen) atoms. The molecule has 2 fully saturated rings. The lowest BCUT2D eigenvalue weighted by Gasteiger charge is -2.40. The van der Waals surface area contributed by atoms with Crippen molar-refractivity contribution in [3.05, 3.63) is 46.7 Å². The molecule has 1 atom stereocenters. The summed E-state index contributed by atoms with van der Waals surface area (Å²) in [6, 6.07) is 9.78. The maximum absolute atomic E-state index is 13.2. The smallest absolute Gasteiger partial charge is 0.280 e. The molecule has 13 heteroatoms. The van der Waals surface area contributed by atoms with Gasteiger partial charge in [-0.25, -0.2) is 9.97 Å². The molecule has 12 nitrogen and oxygen atoms in total. The predicted octanol–water partition coefficient (Wildman–Crippen LogP) is 0.393. The Morgan fingerprint density at radius 3 is 2.59 bits per heavy atom. The van der Waals surface area contributed by atoms with Crippen LogP contribution in [0.5, 0.6) is 0 Å². The molecular weight excluding hydrogens is 498 g/mol. The van der Waals surface area contributed by atoms with Crippen molar-refractivity contribution in [2.75, 3.05) is 37.6 Å². The van der Waals surface area contributed by atoms with Crippen LogP contribution in [-0.2, 0) is 16.1 Å². The molecule has 0 aliphatic carbocycles. The van der Waals surface area contributed by atoms with Crippen LogP contribution in [0, 0.1) is 5.92 Å². The van der Waals surface area contributed by atoms with Gasteiger partial charge in [0.1, 0.15) is 0 Å². The first kappa shape index (κ1) is 24.8. The number of likely N-dealkylation sites (tertiary alicyclic amines) is 2. The fourth-order valence-electron chi connectivity index (χ4n) is 5.00. The van der Waals surface area contributed by atoms with Crippen molar-refractivity contribution in [2.24, 2.45) is 10.9 Å². The number of piperidine rings is 1. The third-order valence-electron chi connectivity index (χ3n) is 7.09. The first-order chi connectivity index (χ1) is 17.7. The van der Waals surface area contributed by atoms with Gasteiger partial charge in [0.15, 0.2) is 28.4 Å². The van der Waals surface area contributed by atoms with Crippen LogP contribution < -0.4 is 22.1 Å². The molecule has 1 spiro atoms. The molecular formula is C24H28ClN9O3. The Bertz CT molecular complexity index is 1260. The fourth-order valence-corrected chi connectivity index (χ4v) is 5.12. The number of hydrogen-bond acceptors (Lipinski definition) is 9. The second-order valence-electron chi connectivity index (χ2n) is 9.64. The molecule has 6 N–H and O–H groups in total. The lowest BCUT2D eigenvalue weighted by atomic mass is 9.87. The van der Waals surface area contributed by atoms with Gasteiger partial charge in [-0.05, 0) is 18.4 Å². The average molecular weight is 526 g/mol. The summed E-state index contributed by atoms with van der Waals surface area (Å²) in [5, 5.41) is 5.84. The van der Waals surface area contributed by atoms with Gasteiger partial charge in [0.2, 0.25) is 11.8 Å². The minimum absolute atomic E-state index is 0.00893. The molecule has 5 rings (SSSR count). The van der Waals surface area contributed by atoms with E-state index in [9.17, 15) is 14.4 Å². The van der Waals surface area contributed by atoms with Gasteiger partial charge in [-0.1, -0.05) is 41.9 Å². The highest BCUT2D eigenvalue weighted by Gasteiger charge is 2.43. The van der Waals surface area contributed by atoms with E-state index in [0.29, 0.717) is 51.5 Å². The number of carbonyl (C=O) groups excluding carboxylic acids is 3. The Labute approximate surface area is 218 Å². The summed E-state index contributed by atoms with van der Waals surface area (Å²) in [6.07, 6.45) is 1.56. The number of rotatable bonds is 4. The number of carbonyl (C=O) groups is 3. The zero-order valence-corrected chi connectivity index (χ0v) is 20.9. The van der Waals surface area contributed by atoms with E-state index in [0.717, 1.165) is 5.56 Å². The molecule has 0 bridgehead atoms. The van der Waals surface area contributed by atoms with Gasteiger partial charge in [-0.2, -0.15) is 0 Å². The molecule has 3 amide bonds. The number of halogens is 1. The number of nitrogens with zero attached hydrogens (tertiary/aromatic N) is 5. The second kappa shape index (κ2) is 9.85. The average Bonchev–Trinajstić information content (AvgIpc) is 3.44. The zero-order chi connectivity index (χ0) is 26.2. The molecule has 0 saturated carbocycles. The van der Waals surface area contributed by atoms with Gasteiger partial charge in [-0.3, -0.25) is 24.7 Å². The van der Waals surface area contributed by atoms with E-state index in [4.69, 9.17) is 23.1 Å². The summed E-state index contributed by atoms with van der Waals surface area (Å²) in [4.78, 5) is 54.1. The molecule has 3 aliphatic rings. The number of amides is 3. The van der Waals surface area contributed by atoms with Crippen molar-refractivity contribution in [3.8, 4) is 0 Å². The monoisotopic (exact) mass is 525 g/mol. The molecule has 1 aromatic carbocycles. The first-order valence-corrected chi connectivity index (χ1v) is 12.4. The SMILES string of the molecule is Nc1nc(N)c(C(=O)NC2=NCC3(CCN(C(=O)C4CC(=O)N(Cc5ccccc5)C4)CC3)N2)nc1Cl. The standard InChI is InChI=1S/C24H28ClN9O3/c25-18-20(27)30-19(26)17(29-18)21(36)31-23-28-13-24(32-23)6-8-33(9-7-24)22(37)15-10-16(35)34(12-15)11-14-4-2-1-3-5-14/h1-5,15H,6-13H2,(H4,26,27,30)(H2,28,31,32,36). The van der Waals surface area contributed by atoms with Gasteiger partial charge >= 0.3 is 0 Å². The summed E-state index contributed by atoms with van der Waals surface area (Å²) in [5.41, 5.74) is 11.9. The fraction of sp³-hybridized carbons (Fsp3) is 0.417. The van der Waals surface area contributed by atoms with Gasteiger partial charge in [0, 0.05) is 32.6 Å². The van der Waals surface area contributed by atoms with E-state index in [2.05, 4.69) is 25.6 Å². The zero-order valence-electron chi connectivity index (χ0n) is 20.1. The van der Waals surface area contributed by atoms with E-state index >= 15 is 0 Å². The van der Waals surface area contributed by atoms with Crippen molar-refractivity contribution in [3.63, 3.8) is 0 Å². The number of aromatic nitrogens is 2. The maximum atomic E-state index is 13.2. The first-order valence-electron chi connectivity index (χ1n) is 12.1. The van der Waals surface area contributed by atoms with E-state index in [-0.39, 0.29) is 52.2 Å². The molecule has 0 radical (unpaired) electrons. The van der Waals surface area contributed by atoms with E-state index in [1.54, 1.807) is 4.90 Å². The Hall–Kier alpha value is -3.93. The van der Waals surface area contributed by atoms with E-state index in [1.807, 2.05) is 35.2 Å². The van der Waals surface area contributed by atoms with Crippen LogP contribution in [0.2, 0.25) is 5.15 Å². The minimum atomic E-state index is -0.603. The molecule has 2 saturated heterocycles. The number of anilines is 2. The number of nitrogens with one attached hydrogen (secondary N) is 2. The van der Waals surface area contributed by atoms with Crippen molar-refractivity contribution in [1.82, 2.24) is 30.4 Å². The van der Waals surface area contributed by atoms with Gasteiger partial charge in [0.25, 0.3) is 5.91 Å². The summed E-state index contributed by atoms with van der Waals surface area (Å²) in [7, 11) is 0. The summed E-state index contributed by atoms with van der Waals surface area (Å²) < 4.78 is 0. The number of nitrogens with two attached hydrogens (primary N) is 2. The Morgan fingerprint density at radius 1 is 1.14 bits per heavy atom. The highest BCUT2D eigenvalue weighted by molar-refractivity contribution is 6.31. The maximum Gasteiger partial charge on any atom is 0.280 e. The second-order valence-corrected chi connectivity index (χ2v) is 10.0. The van der Waals surface area contributed by atoms with Crippen molar-refractivity contribution in [2.45, 2.75) is 31.3 Å². The lowest BCUT2D eigenvalue weighted by Crippen LogP contribution is -2.57. The number of hydrogen-bond donors (Lipinski definition) is 4. The Balaban J connectivity index is 1.12. The molecule has 1 unspecified atom stereocenters. The highest BCUT2D eigenvalue weighted by Crippen LogP contribution is 2.29. The van der Waals surface area contributed by atoms with Crippen LogP contribution in [0.3, 0.4) is 0 Å². The number of guanidine groups is 1. The minimum Gasteiger partial charge on any atom is -0.382 e. The summed E-state index contributed by atoms with van der Waals surface area (Å²) in [5.74, 6) is -0.794. The molecule has 2 aromatic rings. The lowest BCUT2D eigenvalue weighted by molar-refractivity contribution is -0.137. The van der Waals surface area contributed by atoms with Gasteiger partial charge < -0.3 is 26.6 Å². The normalized spacial score (nSPS) is 20.6. The Morgan fingerprint density at radius 2 is 1.86 bits per heavy atom. The molecule has 3 aliphatic heterocycles. The summed E-state index contributed by atoms with van der Waals surface area (Å²) >= 11 is 5.87. The number of nitrogen functional groups attached to an aromatic ring is 2. The highest BCUT2D eigenvalue weighted by atomic mass is 35.5. The Kier molecular flexibility index (Phi) is 6.59. The number of benzene rings is 1. The van der Waals surface area contributed by atoms with Crippen LogP contribution in [0.15, 0.2) is 35.3 Å². The van der Waals surface area contributed by atoms with Crippen LogP contribution in [0.1, 0.15) is 35.3 Å². The van der Waals surface area contributed by atoms with Crippen LogP contribution >= 0.6 is 11.6 Å². The molecule has 1 aromatic heterocycles. The summed E-state index contributed by atoms with van der Waals surface area (Å²) in [6.45, 7) is 2.49. The largest absolute Gasteiger partial charge is 0.382 e.